The first-order valence-electron chi connectivity index (χ1n) is 5.46. The van der Waals surface area contributed by atoms with Crippen molar-refractivity contribution in [3.05, 3.63) is 23.4 Å². The van der Waals surface area contributed by atoms with Gasteiger partial charge >= 0.3 is 0 Å². The van der Waals surface area contributed by atoms with E-state index in [1.165, 1.54) is 0 Å². The van der Waals surface area contributed by atoms with E-state index in [0.29, 0.717) is 49.5 Å². The topological polar surface area (TPSA) is 87.1 Å². The zero-order valence-corrected chi connectivity index (χ0v) is 9.84. The van der Waals surface area contributed by atoms with Crippen LogP contribution in [-0.2, 0) is 17.6 Å². The molecule has 7 nitrogen and oxygen atoms in total. The van der Waals surface area contributed by atoms with Crippen LogP contribution in [0.2, 0.25) is 0 Å². The van der Waals surface area contributed by atoms with Crippen molar-refractivity contribution >= 4 is 0 Å². The first kappa shape index (κ1) is 11.7. The summed E-state index contributed by atoms with van der Waals surface area (Å²) in [4.78, 5) is 8.27. The number of aryl methyl sites for hydroxylation is 1. The average Bonchev–Trinajstić information content (AvgIpc) is 2.90. The molecule has 0 fully saturated rings. The summed E-state index contributed by atoms with van der Waals surface area (Å²) in [5.41, 5.74) is 0. The molecule has 0 aliphatic carbocycles. The zero-order valence-electron chi connectivity index (χ0n) is 9.84. The van der Waals surface area contributed by atoms with Crippen molar-refractivity contribution in [1.82, 2.24) is 20.3 Å². The van der Waals surface area contributed by atoms with Crippen molar-refractivity contribution in [2.24, 2.45) is 0 Å². The number of nitrogens with zero attached hydrogens (tertiary/aromatic N) is 4. The third kappa shape index (κ3) is 3.35. The summed E-state index contributed by atoms with van der Waals surface area (Å²) in [7, 11) is 0. The van der Waals surface area contributed by atoms with Gasteiger partial charge in [0.2, 0.25) is 11.8 Å². The molecule has 0 atom stereocenters. The van der Waals surface area contributed by atoms with Crippen LogP contribution < -0.4 is 0 Å². The van der Waals surface area contributed by atoms with Crippen molar-refractivity contribution in [1.29, 1.82) is 0 Å². The monoisotopic (exact) mass is 238 g/mol. The minimum atomic E-state index is 0.412. The Labute approximate surface area is 98.2 Å². The minimum absolute atomic E-state index is 0.412. The highest BCUT2D eigenvalue weighted by Crippen LogP contribution is 2.04. The second-order valence-corrected chi connectivity index (χ2v) is 3.46. The van der Waals surface area contributed by atoms with E-state index in [-0.39, 0.29) is 0 Å². The van der Waals surface area contributed by atoms with Gasteiger partial charge in [-0.25, -0.2) is 0 Å². The fraction of sp³-hybridized carbons (Fsp3) is 0.600. The highest BCUT2D eigenvalue weighted by Gasteiger charge is 2.10. The van der Waals surface area contributed by atoms with Gasteiger partial charge in [-0.2, -0.15) is 9.97 Å². The zero-order chi connectivity index (χ0) is 12.1. The molecule has 0 unspecified atom stereocenters. The molecule has 0 spiro atoms. The van der Waals surface area contributed by atoms with E-state index >= 15 is 0 Å². The Kier molecular flexibility index (Phi) is 3.81. The molecule has 2 heterocycles. The van der Waals surface area contributed by atoms with E-state index < -0.39 is 0 Å². The van der Waals surface area contributed by atoms with Gasteiger partial charge in [-0.15, -0.1) is 0 Å². The summed E-state index contributed by atoms with van der Waals surface area (Å²) in [6.07, 6.45) is 1.03. The molecule has 92 valence electrons. The fourth-order valence-corrected chi connectivity index (χ4v) is 1.32. The molecule has 7 heteroatoms. The van der Waals surface area contributed by atoms with Crippen LogP contribution in [0.25, 0.3) is 0 Å². The second-order valence-electron chi connectivity index (χ2n) is 3.46. The van der Waals surface area contributed by atoms with Gasteiger partial charge in [-0.3, -0.25) is 0 Å². The van der Waals surface area contributed by atoms with E-state index in [9.17, 15) is 0 Å². The highest BCUT2D eigenvalue weighted by atomic mass is 16.5. The lowest BCUT2D eigenvalue weighted by Gasteiger charge is -1.94. The van der Waals surface area contributed by atoms with Gasteiger partial charge in [0.25, 0.3) is 0 Å². The highest BCUT2D eigenvalue weighted by molar-refractivity contribution is 4.97. The SMILES string of the molecule is CCOCCc1nc(Cc2noc(C)n2)no1. The summed E-state index contributed by atoms with van der Waals surface area (Å²) < 4.78 is 15.1. The molecule has 17 heavy (non-hydrogen) atoms. The standard InChI is InChI=1S/C10H14N4O3/c1-3-15-5-4-10-12-9(14-17-10)6-8-11-7(2)16-13-8/h3-6H2,1-2H3. The van der Waals surface area contributed by atoms with Gasteiger partial charge in [0, 0.05) is 13.5 Å². The molecule has 0 aliphatic heterocycles. The van der Waals surface area contributed by atoms with Crippen LogP contribution in [0, 0.1) is 6.92 Å². The van der Waals surface area contributed by atoms with E-state index in [2.05, 4.69) is 20.3 Å². The molecule has 0 radical (unpaired) electrons. The van der Waals surface area contributed by atoms with Crippen molar-refractivity contribution in [2.45, 2.75) is 26.7 Å². The molecule has 2 rings (SSSR count). The summed E-state index contributed by atoms with van der Waals surface area (Å²) in [5, 5.41) is 7.60. The normalized spacial score (nSPS) is 10.9. The fourth-order valence-electron chi connectivity index (χ4n) is 1.32. The Morgan fingerprint density at radius 2 is 1.88 bits per heavy atom. The first-order chi connectivity index (χ1) is 8.28. The molecule has 0 saturated heterocycles. The Balaban J connectivity index is 1.89. The maximum atomic E-state index is 5.20. The van der Waals surface area contributed by atoms with E-state index in [1.807, 2.05) is 6.92 Å². The third-order valence-electron chi connectivity index (χ3n) is 2.06. The van der Waals surface area contributed by atoms with E-state index in [4.69, 9.17) is 13.8 Å². The van der Waals surface area contributed by atoms with Crippen molar-refractivity contribution in [2.75, 3.05) is 13.2 Å². The second kappa shape index (κ2) is 5.53. The van der Waals surface area contributed by atoms with Gasteiger partial charge in [0.05, 0.1) is 19.4 Å². The van der Waals surface area contributed by atoms with Crippen LogP contribution in [0.1, 0.15) is 30.4 Å². The van der Waals surface area contributed by atoms with Gasteiger partial charge in [0.15, 0.2) is 11.6 Å². The number of aromatic nitrogens is 4. The van der Waals surface area contributed by atoms with Crippen LogP contribution in [0.15, 0.2) is 9.05 Å². The quantitative estimate of drug-likeness (QED) is 0.692. The van der Waals surface area contributed by atoms with Crippen LogP contribution in [-0.4, -0.2) is 33.5 Å². The van der Waals surface area contributed by atoms with Crippen molar-refractivity contribution in [3.8, 4) is 0 Å². The number of rotatable bonds is 6. The lowest BCUT2D eigenvalue weighted by atomic mass is 10.4. The maximum absolute atomic E-state index is 5.20. The molecule has 0 aliphatic rings. The van der Waals surface area contributed by atoms with Crippen LogP contribution in [0.5, 0.6) is 0 Å². The molecule has 0 amide bonds. The lowest BCUT2D eigenvalue weighted by Crippen LogP contribution is -1.98. The van der Waals surface area contributed by atoms with Crippen LogP contribution in [0.4, 0.5) is 0 Å². The number of hydrogen-bond donors (Lipinski definition) is 0. The molecule has 0 saturated carbocycles. The number of hydrogen-bond acceptors (Lipinski definition) is 7. The third-order valence-corrected chi connectivity index (χ3v) is 2.06. The molecular weight excluding hydrogens is 224 g/mol. The van der Waals surface area contributed by atoms with Crippen LogP contribution >= 0.6 is 0 Å². The Hall–Kier alpha value is -1.76. The molecule has 0 aromatic carbocycles. The van der Waals surface area contributed by atoms with Gasteiger partial charge in [-0.05, 0) is 6.92 Å². The molecule has 0 N–H and O–H groups in total. The Morgan fingerprint density at radius 1 is 1.12 bits per heavy atom. The minimum Gasteiger partial charge on any atom is -0.381 e. The van der Waals surface area contributed by atoms with Gasteiger partial charge < -0.3 is 13.8 Å². The molecule has 2 aromatic heterocycles. The Bertz CT molecular complexity index is 466. The van der Waals surface area contributed by atoms with Gasteiger partial charge in [0.1, 0.15) is 0 Å². The van der Waals surface area contributed by atoms with Crippen molar-refractivity contribution in [3.63, 3.8) is 0 Å². The average molecular weight is 238 g/mol. The maximum Gasteiger partial charge on any atom is 0.228 e. The lowest BCUT2D eigenvalue weighted by molar-refractivity contribution is 0.144. The van der Waals surface area contributed by atoms with E-state index in [1.54, 1.807) is 6.92 Å². The largest absolute Gasteiger partial charge is 0.381 e. The summed E-state index contributed by atoms with van der Waals surface area (Å²) >= 11 is 0. The van der Waals surface area contributed by atoms with Crippen LogP contribution in [0.3, 0.4) is 0 Å². The first-order valence-corrected chi connectivity index (χ1v) is 5.46. The summed E-state index contributed by atoms with van der Waals surface area (Å²) in [6.45, 7) is 4.95. The molecule has 2 aromatic rings. The smallest absolute Gasteiger partial charge is 0.228 e. The predicted octanol–water partition coefficient (Wildman–Crippen LogP) is 0.931. The number of ether oxygens (including phenoxy) is 1. The summed E-state index contributed by atoms with van der Waals surface area (Å²) in [5.74, 6) is 2.20. The summed E-state index contributed by atoms with van der Waals surface area (Å²) in [6, 6.07) is 0. The van der Waals surface area contributed by atoms with Crippen molar-refractivity contribution < 1.29 is 13.8 Å². The molecule has 0 bridgehead atoms. The van der Waals surface area contributed by atoms with E-state index in [0.717, 1.165) is 0 Å². The van der Waals surface area contributed by atoms with Gasteiger partial charge in [-0.1, -0.05) is 10.3 Å². The predicted molar refractivity (Wildman–Crippen MR) is 56.3 cm³/mol. The molecular formula is C10H14N4O3. The Morgan fingerprint density at radius 3 is 2.59 bits per heavy atom.